The van der Waals surface area contributed by atoms with Gasteiger partial charge in [-0.15, -0.1) is 0 Å². The van der Waals surface area contributed by atoms with Crippen molar-refractivity contribution in [2.24, 2.45) is 11.7 Å². The van der Waals surface area contributed by atoms with E-state index < -0.39 is 0 Å². The molecule has 0 aromatic heterocycles. The lowest BCUT2D eigenvalue weighted by molar-refractivity contribution is 0.346. The van der Waals surface area contributed by atoms with Crippen LogP contribution in [-0.2, 0) is 0 Å². The molecule has 18 heavy (non-hydrogen) atoms. The Bertz CT molecular complexity index is 361. The monoisotopic (exact) mass is 252 g/mol. The zero-order valence-electron chi connectivity index (χ0n) is 11.7. The van der Waals surface area contributed by atoms with Crippen LogP contribution in [0.3, 0.4) is 0 Å². The minimum Gasteiger partial charge on any atom is -0.378 e. The Balaban J connectivity index is 2.84. The fourth-order valence-electron chi connectivity index (χ4n) is 2.25. The smallest absolute Gasteiger partial charge is 0.125 e. The van der Waals surface area contributed by atoms with Crippen molar-refractivity contribution in [1.29, 1.82) is 0 Å². The Morgan fingerprint density at radius 3 is 2.61 bits per heavy atom. The molecule has 0 bridgehead atoms. The van der Waals surface area contributed by atoms with Crippen molar-refractivity contribution in [2.45, 2.75) is 45.6 Å². The Kier molecular flexibility index (Phi) is 5.60. The predicted molar refractivity (Wildman–Crippen MR) is 76.2 cm³/mol. The van der Waals surface area contributed by atoms with Crippen molar-refractivity contribution in [1.82, 2.24) is 0 Å². The molecule has 0 aliphatic rings. The quantitative estimate of drug-likeness (QED) is 0.775. The van der Waals surface area contributed by atoms with Gasteiger partial charge in [0, 0.05) is 17.8 Å². The van der Waals surface area contributed by atoms with E-state index >= 15 is 0 Å². The Labute approximate surface area is 110 Å². The van der Waals surface area contributed by atoms with E-state index in [2.05, 4.69) is 26.1 Å². The van der Waals surface area contributed by atoms with E-state index in [0.717, 1.165) is 24.9 Å². The molecule has 2 atom stereocenters. The maximum Gasteiger partial charge on any atom is 0.125 e. The van der Waals surface area contributed by atoms with Gasteiger partial charge in [-0.3, -0.25) is 0 Å². The van der Waals surface area contributed by atoms with Gasteiger partial charge in [0.2, 0.25) is 0 Å². The lowest BCUT2D eigenvalue weighted by Gasteiger charge is -2.36. The molecule has 102 valence electrons. The molecule has 3 heteroatoms. The molecule has 0 heterocycles. The molecule has 0 saturated heterocycles. The molecule has 0 amide bonds. The first-order valence-electron chi connectivity index (χ1n) is 6.79. The molecule has 1 rings (SSSR count). The van der Waals surface area contributed by atoms with Gasteiger partial charge < -0.3 is 11.1 Å². The molecule has 3 N–H and O–H groups in total. The third-order valence-corrected chi connectivity index (χ3v) is 3.74. The summed E-state index contributed by atoms with van der Waals surface area (Å²) in [6.45, 7) is 7.10. The molecule has 0 saturated carbocycles. The van der Waals surface area contributed by atoms with Gasteiger partial charge in [-0.2, -0.15) is 0 Å². The molecule has 0 fully saturated rings. The van der Waals surface area contributed by atoms with Gasteiger partial charge in [-0.05, 0) is 37.0 Å². The average Bonchev–Trinajstić information content (AvgIpc) is 2.37. The van der Waals surface area contributed by atoms with Gasteiger partial charge in [0.05, 0.1) is 0 Å². The van der Waals surface area contributed by atoms with E-state index in [1.165, 1.54) is 12.1 Å². The zero-order valence-corrected chi connectivity index (χ0v) is 11.7. The zero-order chi connectivity index (χ0) is 13.6. The summed E-state index contributed by atoms with van der Waals surface area (Å²) >= 11 is 0. The number of rotatable bonds is 7. The number of hydrogen-bond donors (Lipinski definition) is 2. The number of anilines is 1. The van der Waals surface area contributed by atoms with E-state index in [1.807, 2.05) is 6.07 Å². The van der Waals surface area contributed by atoms with Crippen molar-refractivity contribution in [3.8, 4) is 0 Å². The van der Waals surface area contributed by atoms with Crippen LogP contribution in [0.25, 0.3) is 0 Å². The van der Waals surface area contributed by atoms with Crippen molar-refractivity contribution >= 4 is 5.69 Å². The van der Waals surface area contributed by atoms with E-state index in [-0.39, 0.29) is 11.4 Å². The van der Waals surface area contributed by atoms with Crippen LogP contribution >= 0.6 is 0 Å². The fourth-order valence-corrected chi connectivity index (χ4v) is 2.25. The predicted octanol–water partition coefficient (Wildman–Crippen LogP) is 3.78. The van der Waals surface area contributed by atoms with Gasteiger partial charge >= 0.3 is 0 Å². The van der Waals surface area contributed by atoms with Crippen molar-refractivity contribution in [3.05, 3.63) is 30.1 Å². The first-order valence-corrected chi connectivity index (χ1v) is 6.79. The SMILES string of the molecule is CCC(C)CC(CC)(CN)Nc1cccc(F)c1. The van der Waals surface area contributed by atoms with Crippen LogP contribution in [0.15, 0.2) is 24.3 Å². The third kappa shape index (κ3) is 3.98. The molecule has 0 aliphatic heterocycles. The minimum atomic E-state index is -0.217. The highest BCUT2D eigenvalue weighted by molar-refractivity contribution is 5.45. The van der Waals surface area contributed by atoms with Gasteiger partial charge in [0.15, 0.2) is 0 Å². The van der Waals surface area contributed by atoms with Crippen molar-refractivity contribution in [3.63, 3.8) is 0 Å². The molecule has 0 aliphatic carbocycles. The van der Waals surface area contributed by atoms with E-state index in [9.17, 15) is 4.39 Å². The summed E-state index contributed by atoms with van der Waals surface area (Å²) in [6, 6.07) is 6.59. The Morgan fingerprint density at radius 2 is 2.11 bits per heavy atom. The van der Waals surface area contributed by atoms with Crippen LogP contribution < -0.4 is 11.1 Å². The van der Waals surface area contributed by atoms with Crippen LogP contribution in [0.4, 0.5) is 10.1 Å². The largest absolute Gasteiger partial charge is 0.378 e. The lowest BCUT2D eigenvalue weighted by Crippen LogP contribution is -2.46. The highest BCUT2D eigenvalue weighted by Crippen LogP contribution is 2.26. The number of nitrogens with one attached hydrogen (secondary N) is 1. The van der Waals surface area contributed by atoms with Crippen LogP contribution in [0.1, 0.15) is 40.0 Å². The van der Waals surface area contributed by atoms with Crippen LogP contribution in [0.5, 0.6) is 0 Å². The summed E-state index contributed by atoms with van der Waals surface area (Å²) in [7, 11) is 0. The summed E-state index contributed by atoms with van der Waals surface area (Å²) in [5.74, 6) is 0.389. The standard InChI is InChI=1S/C15H25FN2/c1-4-12(3)10-15(5-2,11-17)18-14-8-6-7-13(16)9-14/h6-9,12,18H,4-5,10-11,17H2,1-3H3. The molecule has 2 unspecified atom stereocenters. The number of benzene rings is 1. The number of nitrogens with two attached hydrogens (primary N) is 1. The minimum absolute atomic E-state index is 0.136. The van der Waals surface area contributed by atoms with E-state index in [0.29, 0.717) is 12.5 Å². The second kappa shape index (κ2) is 6.74. The summed E-state index contributed by atoms with van der Waals surface area (Å²) in [4.78, 5) is 0. The van der Waals surface area contributed by atoms with Gasteiger partial charge in [0.25, 0.3) is 0 Å². The fraction of sp³-hybridized carbons (Fsp3) is 0.600. The molecular formula is C15H25FN2. The summed E-state index contributed by atoms with van der Waals surface area (Å²) < 4.78 is 13.2. The molecule has 1 aromatic carbocycles. The maximum atomic E-state index is 13.2. The van der Waals surface area contributed by atoms with Gasteiger partial charge in [-0.1, -0.05) is 33.3 Å². The van der Waals surface area contributed by atoms with Gasteiger partial charge in [-0.25, -0.2) is 4.39 Å². The topological polar surface area (TPSA) is 38.0 Å². The van der Waals surface area contributed by atoms with E-state index in [1.54, 1.807) is 6.07 Å². The second-order valence-corrected chi connectivity index (χ2v) is 5.19. The molecule has 0 spiro atoms. The number of halogens is 1. The van der Waals surface area contributed by atoms with Crippen LogP contribution in [0.2, 0.25) is 0 Å². The molecule has 1 aromatic rings. The van der Waals surface area contributed by atoms with Crippen molar-refractivity contribution < 1.29 is 4.39 Å². The Hall–Kier alpha value is -1.09. The van der Waals surface area contributed by atoms with Crippen molar-refractivity contribution in [2.75, 3.05) is 11.9 Å². The summed E-state index contributed by atoms with van der Waals surface area (Å²) in [5.41, 5.74) is 6.63. The molecule has 2 nitrogen and oxygen atoms in total. The maximum absolute atomic E-state index is 13.2. The third-order valence-electron chi connectivity index (χ3n) is 3.74. The normalized spacial score (nSPS) is 16.1. The summed E-state index contributed by atoms with van der Waals surface area (Å²) in [6.07, 6.45) is 3.07. The van der Waals surface area contributed by atoms with Crippen LogP contribution in [-0.4, -0.2) is 12.1 Å². The lowest BCUT2D eigenvalue weighted by atomic mass is 9.84. The first kappa shape index (κ1) is 15.0. The number of hydrogen-bond acceptors (Lipinski definition) is 2. The molecule has 0 radical (unpaired) electrons. The van der Waals surface area contributed by atoms with Crippen LogP contribution in [0, 0.1) is 11.7 Å². The second-order valence-electron chi connectivity index (χ2n) is 5.19. The highest BCUT2D eigenvalue weighted by atomic mass is 19.1. The van der Waals surface area contributed by atoms with E-state index in [4.69, 9.17) is 5.73 Å². The summed E-state index contributed by atoms with van der Waals surface area (Å²) in [5, 5.41) is 3.43. The van der Waals surface area contributed by atoms with Gasteiger partial charge in [0.1, 0.15) is 5.82 Å². The average molecular weight is 252 g/mol. The Morgan fingerprint density at radius 1 is 1.39 bits per heavy atom. The first-order chi connectivity index (χ1) is 8.55. The molecular weight excluding hydrogens is 227 g/mol. The highest BCUT2D eigenvalue weighted by Gasteiger charge is 2.28.